The number of hydrogen-bond donors (Lipinski definition) is 2. The maximum absolute atomic E-state index is 12.6. The van der Waals surface area contributed by atoms with Crippen molar-refractivity contribution in [2.45, 2.75) is 45.8 Å². The fourth-order valence-corrected chi connectivity index (χ4v) is 2.26. The van der Waals surface area contributed by atoms with Gasteiger partial charge in [-0.05, 0) is 24.1 Å². The first-order chi connectivity index (χ1) is 8.51. The zero-order valence-electron chi connectivity index (χ0n) is 12.4. The lowest BCUT2D eigenvalue weighted by Gasteiger charge is -2.33. The molecule has 0 saturated heterocycles. The quantitative estimate of drug-likeness (QED) is 0.821. The molecule has 1 N–H and O–H groups in total. The number of rotatable bonds is 4. The molecule has 0 aliphatic rings. The van der Waals surface area contributed by atoms with Gasteiger partial charge in [0.15, 0.2) is 0 Å². The van der Waals surface area contributed by atoms with Gasteiger partial charge in [0.25, 0.3) is 0 Å². The van der Waals surface area contributed by atoms with Crippen molar-refractivity contribution in [3.05, 3.63) is 29.8 Å². The summed E-state index contributed by atoms with van der Waals surface area (Å²) in [5.74, 6) is 0.313. The molecule has 0 spiro atoms. The maximum atomic E-state index is 12.6. The SMILES string of the molecule is CC(C)(C)C(=O)C(Cc1ccc(O)cc1)C(C)(C)S. The summed E-state index contributed by atoms with van der Waals surface area (Å²) in [7, 11) is 0. The summed E-state index contributed by atoms with van der Waals surface area (Å²) in [5.41, 5.74) is 0.671. The van der Waals surface area contributed by atoms with Crippen molar-refractivity contribution >= 4 is 18.4 Å². The monoisotopic (exact) mass is 280 g/mol. The van der Waals surface area contributed by atoms with E-state index in [1.165, 1.54) is 0 Å². The highest BCUT2D eigenvalue weighted by molar-refractivity contribution is 7.81. The Bertz CT molecular complexity index is 435. The van der Waals surface area contributed by atoms with Crippen LogP contribution >= 0.6 is 12.6 Å². The van der Waals surface area contributed by atoms with E-state index in [9.17, 15) is 9.90 Å². The van der Waals surface area contributed by atoms with Crippen LogP contribution < -0.4 is 0 Å². The van der Waals surface area contributed by atoms with Crippen LogP contribution in [0.15, 0.2) is 24.3 Å². The minimum Gasteiger partial charge on any atom is -0.508 e. The van der Waals surface area contributed by atoms with Gasteiger partial charge in [-0.25, -0.2) is 0 Å². The normalized spacial score (nSPS) is 14.2. The van der Waals surface area contributed by atoms with E-state index in [2.05, 4.69) is 12.6 Å². The molecule has 0 fully saturated rings. The summed E-state index contributed by atoms with van der Waals surface area (Å²) in [4.78, 5) is 12.6. The van der Waals surface area contributed by atoms with E-state index in [0.29, 0.717) is 6.42 Å². The zero-order chi connectivity index (χ0) is 14.8. The number of carbonyl (C=O) groups is 1. The zero-order valence-corrected chi connectivity index (χ0v) is 13.3. The molecule has 1 unspecified atom stereocenters. The number of benzene rings is 1. The van der Waals surface area contributed by atoms with E-state index in [1.807, 2.05) is 46.8 Å². The smallest absolute Gasteiger partial charge is 0.142 e. The molecule has 0 aliphatic carbocycles. The Morgan fingerprint density at radius 1 is 1.16 bits per heavy atom. The van der Waals surface area contributed by atoms with E-state index >= 15 is 0 Å². The van der Waals surface area contributed by atoms with Crippen molar-refractivity contribution in [2.75, 3.05) is 0 Å². The molecular formula is C16H24O2S. The fourth-order valence-electron chi connectivity index (χ4n) is 2.05. The summed E-state index contributed by atoms with van der Waals surface area (Å²) >= 11 is 4.60. The largest absolute Gasteiger partial charge is 0.508 e. The minimum absolute atomic E-state index is 0.152. The van der Waals surface area contributed by atoms with Gasteiger partial charge in [-0.15, -0.1) is 0 Å². The lowest BCUT2D eigenvalue weighted by atomic mass is 9.75. The highest BCUT2D eigenvalue weighted by atomic mass is 32.1. The second kappa shape index (κ2) is 5.58. The Morgan fingerprint density at radius 3 is 2.00 bits per heavy atom. The molecule has 0 aromatic heterocycles. The fraction of sp³-hybridized carbons (Fsp3) is 0.562. The molecule has 1 aromatic carbocycles. The third-order valence-electron chi connectivity index (χ3n) is 3.28. The third-order valence-corrected chi connectivity index (χ3v) is 3.60. The molecule has 19 heavy (non-hydrogen) atoms. The Kier molecular flexibility index (Phi) is 4.72. The first-order valence-corrected chi connectivity index (χ1v) is 7.01. The van der Waals surface area contributed by atoms with Gasteiger partial charge < -0.3 is 5.11 Å². The molecule has 0 amide bonds. The van der Waals surface area contributed by atoms with Gasteiger partial charge in [-0.3, -0.25) is 4.79 Å². The number of thiol groups is 1. The van der Waals surface area contributed by atoms with Gasteiger partial charge in [-0.1, -0.05) is 46.8 Å². The molecule has 3 heteroatoms. The van der Waals surface area contributed by atoms with Crippen molar-refractivity contribution in [3.63, 3.8) is 0 Å². The Labute approximate surface area is 121 Å². The Balaban J connectivity index is 3.00. The van der Waals surface area contributed by atoms with Crippen molar-refractivity contribution in [1.29, 1.82) is 0 Å². The summed E-state index contributed by atoms with van der Waals surface area (Å²) in [5, 5.41) is 9.31. The van der Waals surface area contributed by atoms with Crippen molar-refractivity contribution in [3.8, 4) is 5.75 Å². The van der Waals surface area contributed by atoms with E-state index in [0.717, 1.165) is 5.56 Å². The standard InChI is InChI=1S/C16H24O2S/c1-15(2,3)14(18)13(16(4,5)19)10-11-6-8-12(17)9-7-11/h6-9,13,17,19H,10H2,1-5H3. The van der Waals surface area contributed by atoms with Crippen LogP contribution in [-0.2, 0) is 11.2 Å². The van der Waals surface area contributed by atoms with Gasteiger partial charge >= 0.3 is 0 Å². The Hall–Kier alpha value is -0.960. The summed E-state index contributed by atoms with van der Waals surface area (Å²) in [6, 6.07) is 7.02. The first kappa shape index (κ1) is 16.1. The third kappa shape index (κ3) is 4.57. The van der Waals surface area contributed by atoms with Crippen LogP contribution in [0.25, 0.3) is 0 Å². The second-order valence-corrected chi connectivity index (χ2v) is 7.84. The molecule has 0 bridgehead atoms. The van der Waals surface area contributed by atoms with Crippen LogP contribution in [0.4, 0.5) is 0 Å². The second-order valence-electron chi connectivity index (χ2n) is 6.69. The van der Waals surface area contributed by atoms with E-state index in [-0.39, 0.29) is 27.6 Å². The average Bonchev–Trinajstić information content (AvgIpc) is 2.24. The van der Waals surface area contributed by atoms with E-state index in [1.54, 1.807) is 12.1 Å². The van der Waals surface area contributed by atoms with Gasteiger partial charge in [-0.2, -0.15) is 12.6 Å². The number of phenolic OH excluding ortho intramolecular Hbond substituents is 1. The summed E-state index contributed by atoms with van der Waals surface area (Å²) in [6.45, 7) is 9.78. The number of ketones is 1. The van der Waals surface area contributed by atoms with Crippen LogP contribution in [0.5, 0.6) is 5.75 Å². The molecule has 1 rings (SSSR count). The summed E-state index contributed by atoms with van der Waals surface area (Å²) in [6.07, 6.45) is 0.646. The van der Waals surface area contributed by atoms with Crippen molar-refractivity contribution < 1.29 is 9.90 Å². The molecule has 106 valence electrons. The van der Waals surface area contributed by atoms with Crippen LogP contribution in [-0.4, -0.2) is 15.6 Å². The van der Waals surface area contributed by atoms with Crippen LogP contribution in [0.3, 0.4) is 0 Å². The van der Waals surface area contributed by atoms with Crippen LogP contribution in [0.1, 0.15) is 40.2 Å². The predicted octanol–water partition coefficient (Wildman–Crippen LogP) is 3.87. The first-order valence-electron chi connectivity index (χ1n) is 6.56. The molecule has 0 heterocycles. The van der Waals surface area contributed by atoms with Crippen molar-refractivity contribution in [2.24, 2.45) is 11.3 Å². The molecule has 1 atom stereocenters. The molecule has 0 saturated carbocycles. The number of hydrogen-bond acceptors (Lipinski definition) is 3. The van der Waals surface area contributed by atoms with Crippen LogP contribution in [0.2, 0.25) is 0 Å². The molecule has 0 aliphatic heterocycles. The van der Waals surface area contributed by atoms with Crippen molar-refractivity contribution in [1.82, 2.24) is 0 Å². The average molecular weight is 280 g/mol. The highest BCUT2D eigenvalue weighted by Crippen LogP contribution is 2.34. The number of phenols is 1. The number of aromatic hydroxyl groups is 1. The highest BCUT2D eigenvalue weighted by Gasteiger charge is 2.37. The van der Waals surface area contributed by atoms with Gasteiger partial charge in [0, 0.05) is 16.1 Å². The van der Waals surface area contributed by atoms with Crippen LogP contribution in [0, 0.1) is 11.3 Å². The number of carbonyl (C=O) groups excluding carboxylic acids is 1. The lowest BCUT2D eigenvalue weighted by Crippen LogP contribution is -2.40. The minimum atomic E-state index is -0.373. The topological polar surface area (TPSA) is 37.3 Å². The summed E-state index contributed by atoms with van der Waals surface area (Å²) < 4.78 is -0.373. The molecular weight excluding hydrogens is 256 g/mol. The molecule has 1 aromatic rings. The lowest BCUT2D eigenvalue weighted by molar-refractivity contribution is -0.131. The van der Waals surface area contributed by atoms with Gasteiger partial charge in [0.1, 0.15) is 11.5 Å². The van der Waals surface area contributed by atoms with Gasteiger partial charge in [0.2, 0.25) is 0 Å². The predicted molar refractivity (Wildman–Crippen MR) is 82.8 cm³/mol. The van der Waals surface area contributed by atoms with E-state index < -0.39 is 0 Å². The van der Waals surface area contributed by atoms with E-state index in [4.69, 9.17) is 0 Å². The Morgan fingerprint density at radius 2 is 1.63 bits per heavy atom. The number of Topliss-reactive ketones (excluding diaryl/α,β-unsaturated/α-hetero) is 1. The molecule has 0 radical (unpaired) electrons. The molecule has 2 nitrogen and oxygen atoms in total. The van der Waals surface area contributed by atoms with Gasteiger partial charge in [0.05, 0.1) is 0 Å². The maximum Gasteiger partial charge on any atom is 0.142 e.